The lowest BCUT2D eigenvalue weighted by molar-refractivity contribution is -0.107. The second kappa shape index (κ2) is 13.8. The normalized spacial score (nSPS) is 17.4. The van der Waals surface area contributed by atoms with Gasteiger partial charge in [-0.15, -0.1) is 0 Å². The number of pyridine rings is 3. The van der Waals surface area contributed by atoms with Crippen LogP contribution in [0.5, 0.6) is 0 Å². The number of carbonyl (C=O) groups is 1. The van der Waals surface area contributed by atoms with Crippen LogP contribution >= 0.6 is 11.6 Å². The van der Waals surface area contributed by atoms with E-state index < -0.39 is 0 Å². The molecule has 0 atom stereocenters. The van der Waals surface area contributed by atoms with Crippen LogP contribution in [0.1, 0.15) is 36.4 Å². The molecule has 7 rings (SSSR count). The first-order valence-electron chi connectivity index (χ1n) is 17.2. The second-order valence-corrected chi connectivity index (χ2v) is 14.8. The van der Waals surface area contributed by atoms with E-state index in [0.717, 1.165) is 75.0 Å². The van der Waals surface area contributed by atoms with Crippen LogP contribution in [0, 0.1) is 12.3 Å². The van der Waals surface area contributed by atoms with Gasteiger partial charge in [-0.25, -0.2) is 9.97 Å². The number of aryl methyl sites for hydroxylation is 1. The molecule has 2 aliphatic heterocycles. The molecule has 4 aromatic heterocycles. The second-order valence-electron chi connectivity index (χ2n) is 14.4. The van der Waals surface area contributed by atoms with Gasteiger partial charge in [-0.1, -0.05) is 25.4 Å². The molecule has 0 saturated carbocycles. The van der Waals surface area contributed by atoms with Crippen molar-refractivity contribution < 1.29 is 14.6 Å². The molecule has 2 saturated heterocycles. The van der Waals surface area contributed by atoms with Crippen LogP contribution in [0.3, 0.4) is 0 Å². The Kier molecular flexibility index (Phi) is 9.46. The Labute approximate surface area is 297 Å². The van der Waals surface area contributed by atoms with Crippen molar-refractivity contribution in [1.29, 1.82) is 0 Å². The van der Waals surface area contributed by atoms with Crippen molar-refractivity contribution in [2.75, 3.05) is 61.1 Å². The summed E-state index contributed by atoms with van der Waals surface area (Å²) in [6, 6.07) is 7.99. The van der Waals surface area contributed by atoms with Gasteiger partial charge in [0.1, 0.15) is 17.3 Å². The van der Waals surface area contributed by atoms with Gasteiger partial charge < -0.3 is 29.2 Å². The molecule has 0 bridgehead atoms. The molecule has 1 amide bonds. The van der Waals surface area contributed by atoms with Gasteiger partial charge in [-0.2, -0.15) is 0 Å². The molecular weight excluding hydrogens is 656 g/mol. The fourth-order valence-corrected chi connectivity index (χ4v) is 7.87. The van der Waals surface area contributed by atoms with Gasteiger partial charge in [0.25, 0.3) is 5.56 Å². The zero-order valence-electron chi connectivity index (χ0n) is 29.2. The first-order valence-corrected chi connectivity index (χ1v) is 17.6. The third kappa shape index (κ3) is 6.53. The van der Waals surface area contributed by atoms with Gasteiger partial charge >= 0.3 is 0 Å². The fourth-order valence-electron chi connectivity index (χ4n) is 7.59. The molecule has 2 N–H and O–H groups in total. The first-order chi connectivity index (χ1) is 24.1. The molecule has 1 aliphatic carbocycles. The Hall–Kier alpha value is -4.23. The summed E-state index contributed by atoms with van der Waals surface area (Å²) >= 11 is 6.75. The summed E-state index contributed by atoms with van der Waals surface area (Å²) in [5, 5.41) is 14.6. The third-order valence-electron chi connectivity index (χ3n) is 10.4. The van der Waals surface area contributed by atoms with Crippen LogP contribution in [0.15, 0.2) is 47.7 Å². The number of piperazine rings is 1. The number of halogens is 1. The van der Waals surface area contributed by atoms with Crippen LogP contribution in [0.4, 0.5) is 23.0 Å². The highest BCUT2D eigenvalue weighted by atomic mass is 35.5. The maximum atomic E-state index is 13.3. The first kappa shape index (κ1) is 34.2. The van der Waals surface area contributed by atoms with E-state index in [0.29, 0.717) is 53.1 Å². The number of aliphatic hydroxyl groups is 1. The molecule has 50 heavy (non-hydrogen) atoms. The maximum Gasteiger partial charge on any atom is 0.274 e. The summed E-state index contributed by atoms with van der Waals surface area (Å²) in [6.07, 6.45) is 7.78. The van der Waals surface area contributed by atoms with E-state index in [-0.39, 0.29) is 17.6 Å². The summed E-state index contributed by atoms with van der Waals surface area (Å²) < 4.78 is 9.06. The van der Waals surface area contributed by atoms with Gasteiger partial charge in [0.15, 0.2) is 0 Å². The maximum absolute atomic E-state index is 13.3. The number of nitrogens with one attached hydrogen (secondary N) is 1. The predicted molar refractivity (Wildman–Crippen MR) is 196 cm³/mol. The highest BCUT2D eigenvalue weighted by Crippen LogP contribution is 2.42. The number of aromatic nitrogens is 4. The molecule has 4 aromatic rings. The lowest BCUT2D eigenvalue weighted by Crippen LogP contribution is -2.56. The van der Waals surface area contributed by atoms with Gasteiger partial charge in [0.2, 0.25) is 6.41 Å². The van der Waals surface area contributed by atoms with Crippen molar-refractivity contribution in [3.63, 3.8) is 0 Å². The summed E-state index contributed by atoms with van der Waals surface area (Å²) in [7, 11) is 1.69. The van der Waals surface area contributed by atoms with E-state index in [1.165, 1.54) is 20.7 Å². The zero-order chi connectivity index (χ0) is 35.2. The van der Waals surface area contributed by atoms with E-state index in [1.54, 1.807) is 31.6 Å². The van der Waals surface area contributed by atoms with Crippen molar-refractivity contribution in [3.8, 4) is 11.1 Å². The van der Waals surface area contributed by atoms with Crippen LogP contribution < -0.4 is 20.7 Å². The molecule has 0 unspecified atom stereocenters. The van der Waals surface area contributed by atoms with Crippen molar-refractivity contribution in [1.82, 2.24) is 24.0 Å². The molecule has 0 spiro atoms. The highest BCUT2D eigenvalue weighted by molar-refractivity contribution is 6.32. The minimum absolute atomic E-state index is 0.137. The number of hydrogen-bond acceptors (Lipinski definition) is 9. The van der Waals surface area contributed by atoms with Crippen LogP contribution in [-0.4, -0.2) is 87.5 Å². The highest BCUT2D eigenvalue weighted by Gasteiger charge is 2.35. The minimum Gasteiger partial charge on any atom is -0.392 e. The molecule has 2 fully saturated rings. The number of amides is 1. The van der Waals surface area contributed by atoms with Crippen LogP contribution in [-0.2, 0) is 42.6 Å². The average molecular weight is 701 g/mol. The number of hydrogen-bond donors (Lipinski definition) is 2. The lowest BCUT2D eigenvalue weighted by atomic mass is 9.90. The lowest BCUT2D eigenvalue weighted by Gasteiger charge is -2.43. The van der Waals surface area contributed by atoms with E-state index in [4.69, 9.17) is 16.3 Å². The van der Waals surface area contributed by atoms with E-state index in [2.05, 4.69) is 43.5 Å². The van der Waals surface area contributed by atoms with Crippen molar-refractivity contribution in [3.05, 3.63) is 80.7 Å². The standard InChI is InChI=1S/C37H45ClN8O4/c1-24-34(38)29-16-37(2,3)17-32(29)46(24)14-13-45(23-48)35-30(20-47)28(7-8-39-35)25-15-31(36(49)42(4)19-25)41-33-6-5-26(18-40-33)43-9-11-44(12-10-43)27-21-50-22-27/h5-8,15,18-19,23,27,47H,9-14,16-17,20-22H2,1-4H3,(H,40,41). The van der Waals surface area contributed by atoms with Crippen LogP contribution in [0.25, 0.3) is 11.1 Å². The van der Waals surface area contributed by atoms with Gasteiger partial charge in [0.05, 0.1) is 42.8 Å². The number of aliphatic hydroxyl groups excluding tert-OH is 1. The summed E-state index contributed by atoms with van der Waals surface area (Å²) in [5.74, 6) is 0.920. The number of ether oxygens (including phenoxy) is 1. The average Bonchev–Trinajstić information content (AvgIpc) is 3.52. The van der Waals surface area contributed by atoms with E-state index in [9.17, 15) is 14.7 Å². The molecule has 6 heterocycles. The van der Waals surface area contributed by atoms with E-state index in [1.807, 2.05) is 25.3 Å². The van der Waals surface area contributed by atoms with Gasteiger partial charge in [-0.3, -0.25) is 19.4 Å². The summed E-state index contributed by atoms with van der Waals surface area (Å²) in [5.41, 5.74) is 6.56. The van der Waals surface area contributed by atoms with E-state index >= 15 is 0 Å². The SMILES string of the molecule is Cc1c(Cl)c2c(n1CCN(C=O)c1nccc(-c3cc(Nc4ccc(N5CCN(C6COC6)CC5)cn4)c(=O)n(C)c3)c1CO)CC(C)(C)C2. The molecule has 12 nitrogen and oxygen atoms in total. The number of carbonyl (C=O) groups excluding carboxylic acids is 1. The summed E-state index contributed by atoms with van der Waals surface area (Å²) in [6.45, 7) is 12.5. The molecule has 264 valence electrons. The van der Waals surface area contributed by atoms with Crippen molar-refractivity contribution in [2.24, 2.45) is 12.5 Å². The quantitative estimate of drug-likeness (QED) is 0.223. The number of anilines is 4. The van der Waals surface area contributed by atoms with Crippen molar-refractivity contribution in [2.45, 2.75) is 52.8 Å². The largest absolute Gasteiger partial charge is 0.392 e. The summed E-state index contributed by atoms with van der Waals surface area (Å²) in [4.78, 5) is 41.3. The van der Waals surface area contributed by atoms with Crippen LogP contribution in [0.2, 0.25) is 5.02 Å². The van der Waals surface area contributed by atoms with Gasteiger partial charge in [0, 0.05) is 81.2 Å². The van der Waals surface area contributed by atoms with Gasteiger partial charge in [-0.05, 0) is 60.6 Å². The Bertz CT molecular complexity index is 1940. The number of fused-ring (bicyclic) bond motifs is 1. The minimum atomic E-state index is -0.349. The smallest absolute Gasteiger partial charge is 0.274 e. The Morgan fingerprint density at radius 3 is 2.58 bits per heavy atom. The molecule has 0 aromatic carbocycles. The molecule has 3 aliphatic rings. The monoisotopic (exact) mass is 700 g/mol. The third-order valence-corrected chi connectivity index (χ3v) is 10.9. The number of nitrogens with zero attached hydrogens (tertiary/aromatic N) is 7. The van der Waals surface area contributed by atoms with Crippen molar-refractivity contribution >= 4 is 41.0 Å². The Balaban J connectivity index is 1.09. The molecular formula is C37H45ClN8O4. The number of rotatable bonds is 11. The molecule has 13 heteroatoms. The Morgan fingerprint density at radius 1 is 1.14 bits per heavy atom. The molecule has 0 radical (unpaired) electrons. The fraction of sp³-hybridized carbons (Fsp3) is 0.459. The predicted octanol–water partition coefficient (Wildman–Crippen LogP) is 4.15. The Morgan fingerprint density at radius 2 is 1.92 bits per heavy atom. The topological polar surface area (TPSA) is 121 Å². The zero-order valence-corrected chi connectivity index (χ0v) is 29.9.